The number of alkyl halides is 3. The van der Waals surface area contributed by atoms with Gasteiger partial charge < -0.3 is 14.2 Å². The number of anilines is 1. The Bertz CT molecular complexity index is 1100. The number of hydrogen-bond donors (Lipinski definition) is 0. The van der Waals surface area contributed by atoms with Crippen LogP contribution in [0.25, 0.3) is 11.3 Å². The highest BCUT2D eigenvalue weighted by atomic mass is 19.4. The van der Waals surface area contributed by atoms with Gasteiger partial charge in [0, 0.05) is 36.5 Å². The number of aromatic nitrogens is 4. The van der Waals surface area contributed by atoms with Crippen molar-refractivity contribution in [1.29, 1.82) is 0 Å². The van der Waals surface area contributed by atoms with Crippen molar-refractivity contribution in [2.75, 3.05) is 18.0 Å². The van der Waals surface area contributed by atoms with Gasteiger partial charge in [0.2, 0.25) is 0 Å². The summed E-state index contributed by atoms with van der Waals surface area (Å²) in [7, 11) is 0. The maximum absolute atomic E-state index is 12.7. The second kappa shape index (κ2) is 8.14. The predicted octanol–water partition coefficient (Wildman–Crippen LogP) is 2.97. The second-order valence-electron chi connectivity index (χ2n) is 7.49. The average Bonchev–Trinajstić information content (AvgIpc) is 3.16. The van der Waals surface area contributed by atoms with Crippen LogP contribution in [0.15, 0.2) is 46.2 Å². The van der Waals surface area contributed by atoms with Crippen LogP contribution < -0.4 is 10.5 Å². The molecule has 0 aliphatic carbocycles. The number of rotatable bonds is 4. The van der Waals surface area contributed by atoms with E-state index in [0.29, 0.717) is 35.6 Å². The van der Waals surface area contributed by atoms with E-state index in [-0.39, 0.29) is 24.3 Å². The molecule has 2 atom stereocenters. The van der Waals surface area contributed by atoms with Gasteiger partial charge in [0.25, 0.3) is 5.56 Å². The standard InChI is InChI=1S/C20H20F3N5O3/c1-12-8-27(9-13(2)31-12)16-5-18(29)28(25-7-16)10-15-11-30-26-19(15)14-3-4-17(24-6-14)20(21,22)23/h3-7,11-13H,8-10H2,1-2H3. The van der Waals surface area contributed by atoms with E-state index in [9.17, 15) is 18.0 Å². The van der Waals surface area contributed by atoms with E-state index in [0.717, 1.165) is 12.3 Å². The van der Waals surface area contributed by atoms with E-state index >= 15 is 0 Å². The van der Waals surface area contributed by atoms with Crippen LogP contribution in [0.5, 0.6) is 0 Å². The summed E-state index contributed by atoms with van der Waals surface area (Å²) in [6, 6.07) is 3.64. The van der Waals surface area contributed by atoms with Crippen molar-refractivity contribution in [2.24, 2.45) is 0 Å². The molecule has 11 heteroatoms. The molecular formula is C20H20F3N5O3. The summed E-state index contributed by atoms with van der Waals surface area (Å²) in [6.45, 7) is 5.31. The molecular weight excluding hydrogens is 415 g/mol. The quantitative estimate of drug-likeness (QED) is 0.623. The minimum atomic E-state index is -4.53. The lowest BCUT2D eigenvalue weighted by Crippen LogP contribution is -2.46. The molecule has 0 amide bonds. The van der Waals surface area contributed by atoms with E-state index in [1.54, 1.807) is 6.20 Å². The Morgan fingerprint density at radius 3 is 2.52 bits per heavy atom. The van der Waals surface area contributed by atoms with Crippen molar-refractivity contribution in [3.8, 4) is 11.3 Å². The third kappa shape index (κ3) is 4.61. The minimum absolute atomic E-state index is 0.0445. The van der Waals surface area contributed by atoms with E-state index in [4.69, 9.17) is 9.26 Å². The Labute approximate surface area is 175 Å². The normalized spacial score (nSPS) is 19.6. The number of morpholine rings is 1. The lowest BCUT2D eigenvalue weighted by Gasteiger charge is -2.36. The van der Waals surface area contributed by atoms with Gasteiger partial charge in [0.1, 0.15) is 17.7 Å². The van der Waals surface area contributed by atoms with Crippen LogP contribution >= 0.6 is 0 Å². The summed E-state index contributed by atoms with van der Waals surface area (Å²) in [4.78, 5) is 18.1. The summed E-state index contributed by atoms with van der Waals surface area (Å²) in [5.74, 6) is 0. The van der Waals surface area contributed by atoms with Crippen LogP contribution in [0.2, 0.25) is 0 Å². The van der Waals surface area contributed by atoms with Crippen molar-refractivity contribution >= 4 is 5.69 Å². The number of hydrogen-bond acceptors (Lipinski definition) is 7. The fraction of sp³-hybridized carbons (Fsp3) is 0.400. The lowest BCUT2D eigenvalue weighted by molar-refractivity contribution is -0.141. The molecule has 0 N–H and O–H groups in total. The molecule has 31 heavy (non-hydrogen) atoms. The van der Waals surface area contributed by atoms with E-state index in [1.165, 1.54) is 23.1 Å². The number of ether oxygens (including phenoxy) is 1. The van der Waals surface area contributed by atoms with Crippen molar-refractivity contribution < 1.29 is 22.4 Å². The van der Waals surface area contributed by atoms with Gasteiger partial charge >= 0.3 is 6.18 Å². The van der Waals surface area contributed by atoms with E-state index < -0.39 is 11.9 Å². The molecule has 1 aliphatic heterocycles. The van der Waals surface area contributed by atoms with Gasteiger partial charge in [-0.15, -0.1) is 0 Å². The lowest BCUT2D eigenvalue weighted by atomic mass is 10.1. The molecule has 4 rings (SSSR count). The zero-order valence-electron chi connectivity index (χ0n) is 16.8. The van der Waals surface area contributed by atoms with Crippen LogP contribution in [-0.2, 0) is 17.5 Å². The maximum atomic E-state index is 12.7. The molecule has 1 aliphatic rings. The minimum Gasteiger partial charge on any atom is -0.372 e. The summed E-state index contributed by atoms with van der Waals surface area (Å²) in [6.07, 6.45) is -0.421. The fourth-order valence-electron chi connectivity index (χ4n) is 3.57. The molecule has 3 aromatic rings. The molecule has 0 saturated carbocycles. The maximum Gasteiger partial charge on any atom is 0.433 e. The average molecular weight is 435 g/mol. The molecule has 0 bridgehead atoms. The summed E-state index contributed by atoms with van der Waals surface area (Å²) in [5, 5.41) is 8.10. The SMILES string of the molecule is CC1CN(c2cnn(Cc3conc3-c3ccc(C(F)(F)F)nc3)c(=O)c2)CC(C)O1. The van der Waals surface area contributed by atoms with Gasteiger partial charge in [-0.3, -0.25) is 9.78 Å². The summed E-state index contributed by atoms with van der Waals surface area (Å²) in [5.41, 5.74) is 0.536. The molecule has 1 fully saturated rings. The number of halogens is 3. The van der Waals surface area contributed by atoms with Crippen molar-refractivity contribution in [2.45, 2.75) is 38.8 Å². The van der Waals surface area contributed by atoms with Crippen LogP contribution in [0.3, 0.4) is 0 Å². The van der Waals surface area contributed by atoms with Crippen molar-refractivity contribution in [3.05, 3.63) is 58.5 Å². The third-order valence-corrected chi connectivity index (χ3v) is 4.93. The highest BCUT2D eigenvalue weighted by Crippen LogP contribution is 2.29. The largest absolute Gasteiger partial charge is 0.433 e. The second-order valence-corrected chi connectivity index (χ2v) is 7.49. The van der Waals surface area contributed by atoms with Crippen molar-refractivity contribution in [3.63, 3.8) is 0 Å². The molecule has 4 heterocycles. The molecule has 0 radical (unpaired) electrons. The molecule has 3 aromatic heterocycles. The molecule has 1 saturated heterocycles. The molecule has 0 spiro atoms. The fourth-order valence-corrected chi connectivity index (χ4v) is 3.57. The van der Waals surface area contributed by atoms with Crippen LogP contribution in [0.1, 0.15) is 25.1 Å². The Morgan fingerprint density at radius 1 is 1.16 bits per heavy atom. The van der Waals surface area contributed by atoms with Gasteiger partial charge in [0.15, 0.2) is 0 Å². The molecule has 0 aromatic carbocycles. The van der Waals surface area contributed by atoms with Crippen LogP contribution in [0, 0.1) is 0 Å². The smallest absolute Gasteiger partial charge is 0.372 e. The Hall–Kier alpha value is -3.21. The Kier molecular flexibility index (Phi) is 5.52. The predicted molar refractivity (Wildman–Crippen MR) is 105 cm³/mol. The molecule has 164 valence electrons. The first-order valence-corrected chi connectivity index (χ1v) is 9.65. The van der Waals surface area contributed by atoms with Gasteiger partial charge in [-0.25, -0.2) is 4.68 Å². The first-order valence-electron chi connectivity index (χ1n) is 9.65. The highest BCUT2D eigenvalue weighted by molar-refractivity contribution is 5.61. The Morgan fingerprint density at radius 2 is 1.90 bits per heavy atom. The van der Waals surface area contributed by atoms with E-state index in [1.807, 2.05) is 13.8 Å². The first kappa shape index (κ1) is 21.0. The summed E-state index contributed by atoms with van der Waals surface area (Å²) >= 11 is 0. The highest BCUT2D eigenvalue weighted by Gasteiger charge is 2.32. The topological polar surface area (TPSA) is 86.3 Å². The van der Waals surface area contributed by atoms with Gasteiger partial charge in [-0.05, 0) is 26.0 Å². The first-order chi connectivity index (χ1) is 14.7. The monoisotopic (exact) mass is 435 g/mol. The number of pyridine rings is 1. The van der Waals surface area contributed by atoms with Crippen LogP contribution in [0.4, 0.5) is 18.9 Å². The summed E-state index contributed by atoms with van der Waals surface area (Å²) < 4.78 is 50.1. The van der Waals surface area contributed by atoms with Gasteiger partial charge in [-0.1, -0.05) is 5.16 Å². The third-order valence-electron chi connectivity index (χ3n) is 4.93. The number of nitrogens with zero attached hydrogens (tertiary/aromatic N) is 5. The van der Waals surface area contributed by atoms with E-state index in [2.05, 4.69) is 20.1 Å². The zero-order chi connectivity index (χ0) is 22.2. The zero-order valence-corrected chi connectivity index (χ0v) is 16.8. The van der Waals surface area contributed by atoms with Crippen LogP contribution in [-0.4, -0.2) is 45.2 Å². The van der Waals surface area contributed by atoms with Gasteiger partial charge in [0.05, 0.1) is 30.6 Å². The van der Waals surface area contributed by atoms with Crippen molar-refractivity contribution in [1.82, 2.24) is 19.9 Å². The van der Waals surface area contributed by atoms with Gasteiger partial charge in [-0.2, -0.15) is 18.3 Å². The Balaban J connectivity index is 1.54. The molecule has 2 unspecified atom stereocenters. The molecule has 8 nitrogen and oxygen atoms in total.